The number of amides is 2. The van der Waals surface area contributed by atoms with Gasteiger partial charge in [0.05, 0.1) is 12.7 Å². The summed E-state index contributed by atoms with van der Waals surface area (Å²) in [6.45, 7) is 0.482. The predicted octanol–water partition coefficient (Wildman–Crippen LogP) is 2.83. The van der Waals surface area contributed by atoms with Gasteiger partial charge in [-0.05, 0) is 35.4 Å². The monoisotopic (exact) mass is 318 g/mol. The summed E-state index contributed by atoms with van der Waals surface area (Å²) >= 11 is 0. The van der Waals surface area contributed by atoms with Gasteiger partial charge in [0.25, 0.3) is 0 Å². The number of benzene rings is 2. The first-order valence-corrected chi connectivity index (χ1v) is 7.14. The first-order chi connectivity index (χ1) is 11.1. The average molecular weight is 318 g/mol. The van der Waals surface area contributed by atoms with Crippen LogP contribution >= 0.6 is 0 Å². The van der Waals surface area contributed by atoms with Crippen molar-refractivity contribution in [3.05, 3.63) is 65.5 Å². The normalized spacial score (nSPS) is 11.8. The second-order valence-electron chi connectivity index (χ2n) is 5.04. The lowest BCUT2D eigenvalue weighted by Crippen LogP contribution is -2.32. The van der Waals surface area contributed by atoms with Crippen LogP contribution in [0.5, 0.6) is 0 Å². The summed E-state index contributed by atoms with van der Waals surface area (Å²) in [6, 6.07) is 12.3. The summed E-state index contributed by atoms with van der Waals surface area (Å²) in [6.07, 6.45) is -0.902. The number of carbonyl (C=O) groups excluding carboxylic acids is 1. The first kappa shape index (κ1) is 16.9. The van der Waals surface area contributed by atoms with E-state index < -0.39 is 12.1 Å². The highest BCUT2D eigenvalue weighted by molar-refractivity contribution is 5.89. The van der Waals surface area contributed by atoms with E-state index in [1.807, 2.05) is 12.1 Å². The maximum Gasteiger partial charge on any atom is 0.319 e. The molecule has 0 aromatic heterocycles. The molecule has 2 aromatic rings. The number of rotatable bonds is 6. The number of anilines is 1. The van der Waals surface area contributed by atoms with Gasteiger partial charge < -0.3 is 20.5 Å². The van der Waals surface area contributed by atoms with E-state index in [1.165, 1.54) is 24.3 Å². The van der Waals surface area contributed by atoms with E-state index in [2.05, 4.69) is 10.6 Å². The maximum atomic E-state index is 12.8. The molecule has 0 fully saturated rings. The van der Waals surface area contributed by atoms with Crippen LogP contribution in [-0.4, -0.2) is 24.8 Å². The van der Waals surface area contributed by atoms with Crippen molar-refractivity contribution in [1.82, 2.24) is 5.32 Å². The minimum absolute atomic E-state index is 0.0230. The van der Waals surface area contributed by atoms with Crippen molar-refractivity contribution in [3.8, 4) is 0 Å². The van der Waals surface area contributed by atoms with Crippen molar-refractivity contribution >= 4 is 11.7 Å². The predicted molar refractivity (Wildman–Crippen MR) is 85.5 cm³/mol. The van der Waals surface area contributed by atoms with Crippen molar-refractivity contribution in [2.45, 2.75) is 12.7 Å². The number of methoxy groups -OCH3 is 1. The Balaban J connectivity index is 1.85. The number of aliphatic hydroxyl groups excluding tert-OH is 1. The minimum atomic E-state index is -0.902. The Labute approximate surface area is 134 Å². The molecule has 122 valence electrons. The van der Waals surface area contributed by atoms with Crippen LogP contribution in [0.2, 0.25) is 0 Å². The lowest BCUT2D eigenvalue weighted by Gasteiger charge is -2.13. The molecule has 3 N–H and O–H groups in total. The standard InChI is InChI=1S/C17H19FN2O3/c1-23-11-12-3-2-4-15(9-12)20-17(22)19-10-16(21)13-5-7-14(18)8-6-13/h2-9,16,21H,10-11H2,1H3,(H2,19,20,22). The average Bonchev–Trinajstić information content (AvgIpc) is 2.54. The lowest BCUT2D eigenvalue weighted by atomic mass is 10.1. The molecule has 0 aliphatic carbocycles. The zero-order valence-electron chi connectivity index (χ0n) is 12.8. The Kier molecular flexibility index (Phi) is 6.08. The topological polar surface area (TPSA) is 70.6 Å². The van der Waals surface area contributed by atoms with Gasteiger partial charge in [0.1, 0.15) is 5.82 Å². The van der Waals surface area contributed by atoms with Crippen LogP contribution in [-0.2, 0) is 11.3 Å². The molecule has 0 aliphatic rings. The second kappa shape index (κ2) is 8.26. The third-order valence-electron chi connectivity index (χ3n) is 3.21. The van der Waals surface area contributed by atoms with Gasteiger partial charge >= 0.3 is 6.03 Å². The molecular formula is C17H19FN2O3. The van der Waals surface area contributed by atoms with Crippen LogP contribution in [0.4, 0.5) is 14.9 Å². The summed E-state index contributed by atoms with van der Waals surface area (Å²) in [4.78, 5) is 11.8. The third-order valence-corrected chi connectivity index (χ3v) is 3.21. The van der Waals surface area contributed by atoms with E-state index in [1.54, 1.807) is 19.2 Å². The van der Waals surface area contributed by atoms with Gasteiger partial charge in [0, 0.05) is 19.3 Å². The number of hydrogen-bond donors (Lipinski definition) is 3. The summed E-state index contributed by atoms with van der Waals surface area (Å²) in [5.41, 5.74) is 2.11. The second-order valence-corrected chi connectivity index (χ2v) is 5.04. The number of ether oxygens (including phenoxy) is 1. The number of carbonyl (C=O) groups is 1. The molecule has 0 bridgehead atoms. The molecule has 2 amide bonds. The molecule has 0 spiro atoms. The van der Waals surface area contributed by atoms with Crippen molar-refractivity contribution in [1.29, 1.82) is 0 Å². The molecule has 1 atom stereocenters. The smallest absolute Gasteiger partial charge is 0.319 e. The molecule has 0 radical (unpaired) electrons. The van der Waals surface area contributed by atoms with E-state index >= 15 is 0 Å². The molecule has 2 aromatic carbocycles. The number of aliphatic hydroxyl groups is 1. The molecule has 0 heterocycles. The number of nitrogens with one attached hydrogen (secondary N) is 2. The molecule has 5 nitrogen and oxygen atoms in total. The highest BCUT2D eigenvalue weighted by Gasteiger charge is 2.10. The molecule has 23 heavy (non-hydrogen) atoms. The quantitative estimate of drug-likeness (QED) is 0.767. The fourth-order valence-electron chi connectivity index (χ4n) is 2.07. The first-order valence-electron chi connectivity index (χ1n) is 7.14. The zero-order chi connectivity index (χ0) is 16.7. The largest absolute Gasteiger partial charge is 0.387 e. The highest BCUT2D eigenvalue weighted by atomic mass is 19.1. The SMILES string of the molecule is COCc1cccc(NC(=O)NCC(O)c2ccc(F)cc2)c1. The highest BCUT2D eigenvalue weighted by Crippen LogP contribution is 2.13. The Morgan fingerprint density at radius 2 is 2.00 bits per heavy atom. The Bertz CT molecular complexity index is 647. The molecule has 1 unspecified atom stereocenters. The van der Waals surface area contributed by atoms with Crippen molar-refractivity contribution in [3.63, 3.8) is 0 Å². The van der Waals surface area contributed by atoms with Gasteiger partial charge in [-0.1, -0.05) is 24.3 Å². The Morgan fingerprint density at radius 1 is 1.26 bits per heavy atom. The van der Waals surface area contributed by atoms with Crippen LogP contribution in [0.15, 0.2) is 48.5 Å². The number of hydrogen-bond acceptors (Lipinski definition) is 3. The van der Waals surface area contributed by atoms with Crippen molar-refractivity contribution < 1.29 is 19.0 Å². The summed E-state index contributed by atoms with van der Waals surface area (Å²) < 4.78 is 17.9. The molecule has 0 saturated carbocycles. The van der Waals surface area contributed by atoms with Gasteiger partial charge in [0.15, 0.2) is 0 Å². The third kappa shape index (κ3) is 5.36. The van der Waals surface area contributed by atoms with Gasteiger partial charge in [-0.25, -0.2) is 9.18 Å². The summed E-state index contributed by atoms with van der Waals surface area (Å²) in [5, 5.41) is 15.2. The van der Waals surface area contributed by atoms with Gasteiger partial charge in [-0.3, -0.25) is 0 Å². The van der Waals surface area contributed by atoms with Crippen LogP contribution in [0, 0.1) is 5.82 Å². The van der Waals surface area contributed by atoms with Crippen LogP contribution in [0.1, 0.15) is 17.2 Å². The fraction of sp³-hybridized carbons (Fsp3) is 0.235. The lowest BCUT2D eigenvalue weighted by molar-refractivity contribution is 0.175. The van der Waals surface area contributed by atoms with Gasteiger partial charge in [-0.15, -0.1) is 0 Å². The van der Waals surface area contributed by atoms with E-state index in [9.17, 15) is 14.3 Å². The molecule has 0 aliphatic heterocycles. The molecular weight excluding hydrogens is 299 g/mol. The van der Waals surface area contributed by atoms with Crippen molar-refractivity contribution in [2.24, 2.45) is 0 Å². The van der Waals surface area contributed by atoms with Gasteiger partial charge in [-0.2, -0.15) is 0 Å². The molecule has 6 heteroatoms. The van der Waals surface area contributed by atoms with Crippen LogP contribution < -0.4 is 10.6 Å². The van der Waals surface area contributed by atoms with E-state index in [0.29, 0.717) is 17.9 Å². The minimum Gasteiger partial charge on any atom is -0.387 e. The molecule has 0 saturated heterocycles. The number of urea groups is 1. The van der Waals surface area contributed by atoms with Gasteiger partial charge in [0.2, 0.25) is 0 Å². The summed E-state index contributed by atoms with van der Waals surface area (Å²) in [7, 11) is 1.60. The van der Waals surface area contributed by atoms with Crippen LogP contribution in [0.25, 0.3) is 0 Å². The Hall–Kier alpha value is -2.44. The number of halogens is 1. The van der Waals surface area contributed by atoms with E-state index in [0.717, 1.165) is 5.56 Å². The summed E-state index contributed by atoms with van der Waals surface area (Å²) in [5.74, 6) is -0.373. The van der Waals surface area contributed by atoms with Crippen LogP contribution in [0.3, 0.4) is 0 Å². The maximum absolute atomic E-state index is 12.8. The zero-order valence-corrected chi connectivity index (χ0v) is 12.8. The fourth-order valence-corrected chi connectivity index (χ4v) is 2.07. The van der Waals surface area contributed by atoms with E-state index in [4.69, 9.17) is 4.74 Å². The van der Waals surface area contributed by atoms with Crippen molar-refractivity contribution in [2.75, 3.05) is 19.0 Å². The van der Waals surface area contributed by atoms with E-state index in [-0.39, 0.29) is 12.4 Å². The molecule has 2 rings (SSSR count). The Morgan fingerprint density at radius 3 is 2.70 bits per heavy atom.